The van der Waals surface area contributed by atoms with Gasteiger partial charge in [-0.05, 0) is 38.4 Å². The Bertz CT molecular complexity index is 143. The van der Waals surface area contributed by atoms with E-state index in [1.807, 2.05) is 0 Å². The zero-order valence-corrected chi connectivity index (χ0v) is 13.4. The lowest BCUT2D eigenvalue weighted by Gasteiger charge is -2.25. The standard InChI is InChI=1S/C8H24O2Si3/c1-11-8-13(5,6)10-7-9-12(2,3)4/h7-8,11H2,1-6H3. The van der Waals surface area contributed by atoms with E-state index in [1.165, 1.54) is 5.67 Å². The van der Waals surface area contributed by atoms with Gasteiger partial charge in [-0.1, -0.05) is 6.55 Å². The van der Waals surface area contributed by atoms with Crippen LogP contribution in [-0.4, -0.2) is 32.9 Å². The molecule has 0 aromatic rings. The van der Waals surface area contributed by atoms with Crippen molar-refractivity contribution in [3.63, 3.8) is 0 Å². The van der Waals surface area contributed by atoms with E-state index in [-0.39, 0.29) is 9.52 Å². The minimum absolute atomic E-state index is 0.140. The molecule has 0 spiro atoms. The fourth-order valence-corrected chi connectivity index (χ4v) is 7.34. The van der Waals surface area contributed by atoms with E-state index in [2.05, 4.69) is 39.3 Å². The first-order chi connectivity index (χ1) is 5.77. The van der Waals surface area contributed by atoms with Gasteiger partial charge in [-0.15, -0.1) is 0 Å². The largest absolute Gasteiger partial charge is 0.396 e. The van der Waals surface area contributed by atoms with Crippen LogP contribution in [0.2, 0.25) is 44.9 Å². The van der Waals surface area contributed by atoms with Crippen LogP contribution in [0.15, 0.2) is 0 Å². The molecule has 0 heterocycles. The Morgan fingerprint density at radius 2 is 1.54 bits per heavy atom. The maximum atomic E-state index is 5.83. The summed E-state index contributed by atoms with van der Waals surface area (Å²) in [4.78, 5) is 0. The van der Waals surface area contributed by atoms with Crippen molar-refractivity contribution in [2.45, 2.75) is 44.9 Å². The minimum atomic E-state index is -1.37. The number of hydrogen-bond acceptors (Lipinski definition) is 2. The second kappa shape index (κ2) is 5.45. The Kier molecular flexibility index (Phi) is 5.69. The van der Waals surface area contributed by atoms with Crippen LogP contribution in [0, 0.1) is 0 Å². The van der Waals surface area contributed by atoms with E-state index >= 15 is 0 Å². The normalized spacial score (nSPS) is 14.3. The van der Waals surface area contributed by atoms with Gasteiger partial charge < -0.3 is 8.85 Å². The SMILES string of the molecule is C[SiH2]C[Si](C)(C)OCO[Si](C)(C)C. The first-order valence-electron chi connectivity index (χ1n) is 5.05. The lowest BCUT2D eigenvalue weighted by atomic mass is 11.6. The topological polar surface area (TPSA) is 18.5 Å². The van der Waals surface area contributed by atoms with Crippen molar-refractivity contribution >= 4 is 26.2 Å². The summed E-state index contributed by atoms with van der Waals surface area (Å²) < 4.78 is 11.5. The molecule has 0 bridgehead atoms. The summed E-state index contributed by atoms with van der Waals surface area (Å²) in [5.74, 6) is 0. The Morgan fingerprint density at radius 3 is 1.92 bits per heavy atom. The van der Waals surface area contributed by atoms with Gasteiger partial charge >= 0.3 is 0 Å². The molecule has 13 heavy (non-hydrogen) atoms. The molecule has 0 aromatic heterocycles. The smallest absolute Gasteiger partial charge is 0.186 e. The molecule has 0 rings (SSSR count). The highest BCUT2D eigenvalue weighted by molar-refractivity contribution is 6.79. The van der Waals surface area contributed by atoms with Gasteiger partial charge in [0.05, 0.1) is 0 Å². The second-order valence-electron chi connectivity index (χ2n) is 5.03. The predicted octanol–water partition coefficient (Wildman–Crippen LogP) is 2.19. The van der Waals surface area contributed by atoms with Crippen LogP contribution in [0.3, 0.4) is 0 Å². The van der Waals surface area contributed by atoms with Gasteiger partial charge in [0.1, 0.15) is 6.79 Å². The maximum absolute atomic E-state index is 5.83. The third kappa shape index (κ3) is 8.89. The Balaban J connectivity index is 3.63. The Hall–Kier alpha value is 0.571. The molecule has 0 N–H and O–H groups in total. The highest BCUT2D eigenvalue weighted by atomic mass is 28.4. The van der Waals surface area contributed by atoms with Crippen molar-refractivity contribution in [1.29, 1.82) is 0 Å². The van der Waals surface area contributed by atoms with Gasteiger partial charge in [-0.3, -0.25) is 0 Å². The lowest BCUT2D eigenvalue weighted by molar-refractivity contribution is 0.107. The molecule has 0 aliphatic carbocycles. The fourth-order valence-electron chi connectivity index (χ4n) is 1.04. The molecule has 0 atom stereocenters. The highest BCUT2D eigenvalue weighted by Crippen LogP contribution is 2.11. The van der Waals surface area contributed by atoms with Crippen molar-refractivity contribution in [3.8, 4) is 0 Å². The van der Waals surface area contributed by atoms with E-state index in [4.69, 9.17) is 8.85 Å². The van der Waals surface area contributed by atoms with Gasteiger partial charge in [-0.2, -0.15) is 0 Å². The third-order valence-electron chi connectivity index (χ3n) is 1.79. The first-order valence-corrected chi connectivity index (χ1v) is 14.0. The van der Waals surface area contributed by atoms with Crippen molar-refractivity contribution in [1.82, 2.24) is 0 Å². The summed E-state index contributed by atoms with van der Waals surface area (Å²) in [6, 6.07) is 0. The molecule has 0 saturated carbocycles. The minimum Gasteiger partial charge on any atom is -0.396 e. The van der Waals surface area contributed by atoms with Crippen LogP contribution in [-0.2, 0) is 8.85 Å². The average Bonchev–Trinajstić information content (AvgIpc) is 1.82. The van der Waals surface area contributed by atoms with Gasteiger partial charge in [0, 0.05) is 9.52 Å². The first kappa shape index (κ1) is 13.6. The predicted molar refractivity (Wildman–Crippen MR) is 67.1 cm³/mol. The summed E-state index contributed by atoms with van der Waals surface area (Å²) in [6.45, 7) is 14.0. The molecule has 80 valence electrons. The van der Waals surface area contributed by atoms with Gasteiger partial charge in [0.25, 0.3) is 0 Å². The summed E-state index contributed by atoms with van der Waals surface area (Å²) in [5, 5.41) is 0. The fraction of sp³-hybridized carbons (Fsp3) is 1.00. The second-order valence-corrected chi connectivity index (χ2v) is 16.4. The number of hydrogen-bond donors (Lipinski definition) is 0. The van der Waals surface area contributed by atoms with Crippen LogP contribution in [0.5, 0.6) is 0 Å². The van der Waals surface area contributed by atoms with Crippen LogP contribution >= 0.6 is 0 Å². The summed E-state index contributed by atoms with van der Waals surface area (Å²) in [5.41, 5.74) is 1.36. The monoisotopic (exact) mass is 236 g/mol. The Morgan fingerprint density at radius 1 is 1.00 bits per heavy atom. The zero-order chi connectivity index (χ0) is 10.5. The molecule has 0 aliphatic rings. The molecule has 0 fully saturated rings. The molecular weight excluding hydrogens is 212 g/mol. The molecule has 0 aromatic carbocycles. The van der Waals surface area contributed by atoms with Gasteiger partial charge in [0.15, 0.2) is 16.6 Å². The molecule has 0 saturated heterocycles. The van der Waals surface area contributed by atoms with Crippen molar-refractivity contribution in [2.75, 3.05) is 6.79 Å². The van der Waals surface area contributed by atoms with Crippen LogP contribution in [0.1, 0.15) is 0 Å². The number of rotatable bonds is 6. The average molecular weight is 237 g/mol. The third-order valence-corrected chi connectivity index (χ3v) is 10.5. The van der Waals surface area contributed by atoms with Crippen molar-refractivity contribution < 1.29 is 8.85 Å². The van der Waals surface area contributed by atoms with Crippen LogP contribution in [0.25, 0.3) is 0 Å². The molecule has 0 amide bonds. The molecular formula is C8H24O2Si3. The molecule has 0 aliphatic heterocycles. The van der Waals surface area contributed by atoms with E-state index in [0.717, 1.165) is 0 Å². The Labute approximate surface area is 87.1 Å². The van der Waals surface area contributed by atoms with Gasteiger partial charge in [-0.25, -0.2) is 0 Å². The summed E-state index contributed by atoms with van der Waals surface area (Å²) >= 11 is 0. The van der Waals surface area contributed by atoms with Gasteiger partial charge in [0.2, 0.25) is 0 Å². The van der Waals surface area contributed by atoms with E-state index in [9.17, 15) is 0 Å². The quantitative estimate of drug-likeness (QED) is 0.520. The molecule has 0 unspecified atom stereocenters. The highest BCUT2D eigenvalue weighted by Gasteiger charge is 2.22. The van der Waals surface area contributed by atoms with E-state index < -0.39 is 16.6 Å². The summed E-state index contributed by atoms with van der Waals surface area (Å²) in [6.07, 6.45) is 0. The van der Waals surface area contributed by atoms with Crippen molar-refractivity contribution in [3.05, 3.63) is 0 Å². The zero-order valence-electron chi connectivity index (χ0n) is 9.94. The summed E-state index contributed by atoms with van der Waals surface area (Å²) in [7, 11) is -2.58. The molecule has 5 heteroatoms. The molecule has 2 nitrogen and oxygen atoms in total. The molecule has 0 radical (unpaired) electrons. The van der Waals surface area contributed by atoms with Crippen molar-refractivity contribution in [2.24, 2.45) is 0 Å². The van der Waals surface area contributed by atoms with E-state index in [0.29, 0.717) is 6.79 Å². The van der Waals surface area contributed by atoms with E-state index in [1.54, 1.807) is 0 Å². The lowest BCUT2D eigenvalue weighted by Crippen LogP contribution is -2.36. The van der Waals surface area contributed by atoms with Crippen LogP contribution < -0.4 is 0 Å². The maximum Gasteiger partial charge on any atom is 0.186 e. The van der Waals surface area contributed by atoms with Crippen LogP contribution in [0.4, 0.5) is 0 Å².